The molecule has 5 nitrogen and oxygen atoms in total. The van der Waals surface area contributed by atoms with Gasteiger partial charge in [-0.15, -0.1) is 0 Å². The number of hydrogen-bond donors (Lipinski definition) is 1. The van der Waals surface area contributed by atoms with Crippen LogP contribution in [0.25, 0.3) is 0 Å². The second-order valence-corrected chi connectivity index (χ2v) is 5.14. The highest BCUT2D eigenvalue weighted by Crippen LogP contribution is 2.60. The lowest BCUT2D eigenvalue weighted by Gasteiger charge is -2.11. The van der Waals surface area contributed by atoms with Crippen molar-refractivity contribution in [3.05, 3.63) is 0 Å². The fourth-order valence-electron chi connectivity index (χ4n) is 1.50. The molecule has 1 saturated carbocycles. The van der Waals surface area contributed by atoms with Gasteiger partial charge in [0.1, 0.15) is 16.8 Å². The Morgan fingerprint density at radius 1 is 1.64 bits per heavy atom. The summed E-state index contributed by atoms with van der Waals surface area (Å²) in [5.41, 5.74) is -3.65. The highest BCUT2D eigenvalue weighted by molar-refractivity contribution is 7.85. The highest BCUT2D eigenvalue weighted by Gasteiger charge is 2.72. The summed E-state index contributed by atoms with van der Waals surface area (Å²) in [5, 5.41) is 0. The van der Waals surface area contributed by atoms with Crippen LogP contribution in [0.4, 0.5) is 4.39 Å². The molecule has 0 radical (unpaired) electrons. The van der Waals surface area contributed by atoms with Crippen LogP contribution in [0.1, 0.15) is 13.3 Å². The van der Waals surface area contributed by atoms with Gasteiger partial charge < -0.3 is 4.74 Å². The number of rotatable bonds is 3. The predicted octanol–water partition coefficient (Wildman–Crippen LogP) is 0.166. The minimum Gasteiger partial charge on any atom is -0.469 e. The van der Waals surface area contributed by atoms with E-state index >= 15 is 0 Å². The lowest BCUT2D eigenvalue weighted by molar-refractivity contribution is -0.148. The summed E-state index contributed by atoms with van der Waals surface area (Å²) in [7, 11) is -3.32. The average Bonchev–Trinajstić information content (AvgIpc) is 2.49. The van der Waals surface area contributed by atoms with Gasteiger partial charge in [0.05, 0.1) is 7.11 Å². The zero-order valence-electron chi connectivity index (χ0n) is 7.78. The Hall–Kier alpha value is -0.690. The lowest BCUT2D eigenvalue weighted by atomic mass is 10.1. The molecule has 0 amide bonds. The van der Waals surface area contributed by atoms with Gasteiger partial charge in [-0.3, -0.25) is 9.35 Å². The fourth-order valence-corrected chi connectivity index (χ4v) is 2.49. The van der Waals surface area contributed by atoms with E-state index in [9.17, 15) is 17.6 Å². The molecule has 14 heavy (non-hydrogen) atoms. The van der Waals surface area contributed by atoms with Gasteiger partial charge in [0, 0.05) is 6.42 Å². The van der Waals surface area contributed by atoms with Crippen molar-refractivity contribution in [1.82, 2.24) is 0 Å². The van der Waals surface area contributed by atoms with E-state index in [2.05, 4.69) is 4.74 Å². The topological polar surface area (TPSA) is 80.7 Å². The first-order valence-electron chi connectivity index (χ1n) is 3.87. The highest BCUT2D eigenvalue weighted by atomic mass is 32.2. The molecular weight excluding hydrogens is 215 g/mol. The number of carbonyl (C=O) groups is 1. The molecular formula is C7H11FO5S. The number of hydrogen-bond acceptors (Lipinski definition) is 4. The van der Waals surface area contributed by atoms with E-state index in [-0.39, 0.29) is 6.42 Å². The van der Waals surface area contributed by atoms with Gasteiger partial charge >= 0.3 is 5.97 Å². The molecule has 1 aliphatic rings. The summed E-state index contributed by atoms with van der Waals surface area (Å²) in [6.07, 6.45) is -0.244. The summed E-state index contributed by atoms with van der Waals surface area (Å²) < 4.78 is 47.3. The van der Waals surface area contributed by atoms with Crippen molar-refractivity contribution in [2.24, 2.45) is 5.41 Å². The predicted molar refractivity (Wildman–Crippen MR) is 45.0 cm³/mol. The van der Waals surface area contributed by atoms with Gasteiger partial charge in [-0.05, 0) is 6.92 Å². The van der Waals surface area contributed by atoms with Crippen molar-refractivity contribution in [2.75, 3.05) is 12.9 Å². The molecule has 0 aliphatic heterocycles. The third-order valence-corrected chi connectivity index (χ3v) is 3.37. The molecule has 0 bridgehead atoms. The molecule has 1 aliphatic carbocycles. The van der Waals surface area contributed by atoms with E-state index < -0.39 is 32.9 Å². The van der Waals surface area contributed by atoms with Crippen molar-refractivity contribution in [3.63, 3.8) is 0 Å². The maximum Gasteiger partial charge on any atom is 0.314 e. The Kier molecular flexibility index (Phi) is 2.36. The minimum absolute atomic E-state index is 0.244. The molecule has 7 heteroatoms. The van der Waals surface area contributed by atoms with Crippen LogP contribution in [-0.4, -0.2) is 37.5 Å². The van der Waals surface area contributed by atoms with Crippen LogP contribution in [0.15, 0.2) is 0 Å². The van der Waals surface area contributed by atoms with Crippen LogP contribution >= 0.6 is 0 Å². The second-order valence-electron chi connectivity index (χ2n) is 3.69. The molecule has 0 heterocycles. The first kappa shape index (κ1) is 11.4. The Balaban J connectivity index is 2.81. The molecule has 82 valence electrons. The quantitative estimate of drug-likeness (QED) is 0.548. The number of esters is 1. The largest absolute Gasteiger partial charge is 0.469 e. The average molecular weight is 226 g/mol. The Labute approximate surface area is 81.0 Å². The molecule has 2 atom stereocenters. The third kappa shape index (κ3) is 1.74. The summed E-state index contributed by atoms with van der Waals surface area (Å²) in [4.78, 5) is 11.1. The molecule has 1 unspecified atom stereocenters. The van der Waals surface area contributed by atoms with Crippen molar-refractivity contribution >= 4 is 16.1 Å². The van der Waals surface area contributed by atoms with Crippen molar-refractivity contribution in [1.29, 1.82) is 0 Å². The van der Waals surface area contributed by atoms with Gasteiger partial charge in [-0.1, -0.05) is 0 Å². The Morgan fingerprint density at radius 3 is 2.50 bits per heavy atom. The van der Waals surface area contributed by atoms with Crippen molar-refractivity contribution < 1.29 is 26.9 Å². The molecule has 1 rings (SSSR count). The zero-order chi connectivity index (χ0) is 11.2. The number of alkyl halides is 1. The number of methoxy groups -OCH3 is 1. The van der Waals surface area contributed by atoms with Crippen molar-refractivity contribution in [2.45, 2.75) is 19.0 Å². The summed E-state index contributed by atoms with van der Waals surface area (Å²) in [5.74, 6) is -1.87. The monoisotopic (exact) mass is 226 g/mol. The minimum atomic E-state index is -4.41. The van der Waals surface area contributed by atoms with Gasteiger partial charge in [-0.2, -0.15) is 8.42 Å². The van der Waals surface area contributed by atoms with Crippen LogP contribution in [0.5, 0.6) is 0 Å². The van der Waals surface area contributed by atoms with E-state index in [4.69, 9.17) is 4.55 Å². The molecule has 0 spiro atoms. The van der Waals surface area contributed by atoms with Gasteiger partial charge in [0.25, 0.3) is 10.1 Å². The summed E-state index contributed by atoms with van der Waals surface area (Å²) >= 11 is 0. The molecule has 0 aromatic rings. The number of ether oxygens (including phenoxy) is 1. The smallest absolute Gasteiger partial charge is 0.314 e. The summed E-state index contributed by atoms with van der Waals surface area (Å²) in [6.45, 7) is 1.27. The first-order chi connectivity index (χ1) is 6.15. The van der Waals surface area contributed by atoms with E-state index in [1.54, 1.807) is 0 Å². The fraction of sp³-hybridized carbons (Fsp3) is 0.857. The van der Waals surface area contributed by atoms with Gasteiger partial charge in [-0.25, -0.2) is 4.39 Å². The number of carbonyl (C=O) groups excluding carboxylic acids is 1. The first-order valence-corrected chi connectivity index (χ1v) is 5.48. The van der Waals surface area contributed by atoms with Crippen LogP contribution in [0, 0.1) is 5.41 Å². The van der Waals surface area contributed by atoms with E-state index in [0.29, 0.717) is 0 Å². The van der Waals surface area contributed by atoms with Crippen LogP contribution in [0.3, 0.4) is 0 Å². The van der Waals surface area contributed by atoms with Crippen LogP contribution in [0.2, 0.25) is 0 Å². The van der Waals surface area contributed by atoms with E-state index in [1.807, 2.05) is 0 Å². The summed E-state index contributed by atoms with van der Waals surface area (Å²) in [6, 6.07) is 0. The van der Waals surface area contributed by atoms with Gasteiger partial charge in [0.15, 0.2) is 0 Å². The van der Waals surface area contributed by atoms with E-state index in [1.165, 1.54) is 6.92 Å². The zero-order valence-corrected chi connectivity index (χ0v) is 8.60. The molecule has 0 aromatic heterocycles. The van der Waals surface area contributed by atoms with Crippen LogP contribution in [-0.2, 0) is 19.6 Å². The number of halogens is 1. The Bertz CT molecular complexity index is 364. The maximum absolute atomic E-state index is 13.6. The second kappa shape index (κ2) is 2.90. The molecule has 0 aromatic carbocycles. The molecule has 1 fully saturated rings. The van der Waals surface area contributed by atoms with E-state index in [0.717, 1.165) is 7.11 Å². The third-order valence-electron chi connectivity index (χ3n) is 2.54. The maximum atomic E-state index is 13.6. The SMILES string of the molecule is COC(=O)C1(C)C[C@@]1(F)CS(=O)(=O)O. The van der Waals surface area contributed by atoms with Gasteiger partial charge in [0.2, 0.25) is 0 Å². The molecule has 1 N–H and O–H groups in total. The van der Waals surface area contributed by atoms with Crippen molar-refractivity contribution in [3.8, 4) is 0 Å². The normalized spacial score (nSPS) is 36.6. The standard InChI is InChI=1S/C7H11FO5S/c1-6(5(9)13-2)3-7(6,8)4-14(10,11)12/h3-4H2,1-2H3,(H,10,11,12)/t6?,7-/m1/s1. The Morgan fingerprint density at radius 2 is 2.14 bits per heavy atom. The molecule has 0 saturated heterocycles. The van der Waals surface area contributed by atoms with Crippen LogP contribution < -0.4 is 0 Å². The lowest BCUT2D eigenvalue weighted by Crippen LogP contribution is -2.29.